The van der Waals surface area contributed by atoms with Crippen LogP contribution in [0.2, 0.25) is 0 Å². The van der Waals surface area contributed by atoms with Gasteiger partial charge in [-0.2, -0.15) is 0 Å². The van der Waals surface area contributed by atoms with E-state index in [0.29, 0.717) is 0 Å². The van der Waals surface area contributed by atoms with Crippen LogP contribution in [-0.2, 0) is 0 Å². The molecule has 0 spiro atoms. The third-order valence-corrected chi connectivity index (χ3v) is 5.45. The number of rotatable bonds is 3. The van der Waals surface area contributed by atoms with E-state index in [0.717, 1.165) is 35.6 Å². The van der Waals surface area contributed by atoms with Crippen LogP contribution < -0.4 is 10.5 Å². The lowest BCUT2D eigenvalue weighted by molar-refractivity contribution is 0.408. The van der Waals surface area contributed by atoms with Gasteiger partial charge >= 0.3 is 0 Å². The van der Waals surface area contributed by atoms with Gasteiger partial charge in [0.2, 0.25) is 0 Å². The lowest BCUT2D eigenvalue weighted by atomic mass is 9.97. The van der Waals surface area contributed by atoms with Crippen molar-refractivity contribution >= 4 is 43.2 Å². The standard InChI is InChI=1S/C14H15Br2NOS/c1-7-4-9(5-8(2)13(7)18-3)12(17)10-6-11(15)19-14(10)16/h4-6,12H,17H2,1-3H3. The summed E-state index contributed by atoms with van der Waals surface area (Å²) < 4.78 is 7.53. The van der Waals surface area contributed by atoms with Crippen molar-refractivity contribution in [2.75, 3.05) is 7.11 Å². The van der Waals surface area contributed by atoms with Gasteiger partial charge in [0, 0.05) is 0 Å². The van der Waals surface area contributed by atoms with Gasteiger partial charge in [0.05, 0.1) is 20.7 Å². The molecule has 1 heterocycles. The van der Waals surface area contributed by atoms with Gasteiger partial charge in [-0.1, -0.05) is 12.1 Å². The average Bonchev–Trinajstić information content (AvgIpc) is 2.67. The van der Waals surface area contributed by atoms with Crippen molar-refractivity contribution in [3.63, 3.8) is 0 Å². The fourth-order valence-electron chi connectivity index (χ4n) is 2.23. The highest BCUT2D eigenvalue weighted by Gasteiger charge is 2.17. The number of methoxy groups -OCH3 is 1. The molecule has 2 aromatic rings. The molecule has 0 aliphatic heterocycles. The van der Waals surface area contributed by atoms with Crippen LogP contribution in [0.25, 0.3) is 0 Å². The number of hydrogen-bond donors (Lipinski definition) is 1. The molecule has 1 aromatic carbocycles. The Bertz CT molecular complexity index is 586. The Morgan fingerprint density at radius 3 is 2.16 bits per heavy atom. The molecule has 0 radical (unpaired) electrons. The Morgan fingerprint density at radius 1 is 1.16 bits per heavy atom. The molecule has 0 amide bonds. The van der Waals surface area contributed by atoms with Crippen LogP contribution in [0.5, 0.6) is 5.75 Å². The first-order valence-corrected chi connectivity index (χ1v) is 8.19. The van der Waals surface area contributed by atoms with E-state index in [4.69, 9.17) is 10.5 Å². The molecule has 0 bridgehead atoms. The fourth-order valence-corrected chi connectivity index (χ4v) is 5.16. The van der Waals surface area contributed by atoms with Crippen LogP contribution in [0.1, 0.15) is 28.3 Å². The predicted molar refractivity (Wildman–Crippen MR) is 88.2 cm³/mol. The van der Waals surface area contributed by atoms with Crippen LogP contribution in [0.4, 0.5) is 0 Å². The number of hydrogen-bond acceptors (Lipinski definition) is 3. The highest BCUT2D eigenvalue weighted by Crippen LogP contribution is 2.38. The summed E-state index contributed by atoms with van der Waals surface area (Å²) in [7, 11) is 1.70. The van der Waals surface area contributed by atoms with Crippen molar-refractivity contribution in [2.45, 2.75) is 19.9 Å². The summed E-state index contributed by atoms with van der Waals surface area (Å²) in [6.45, 7) is 4.08. The van der Waals surface area contributed by atoms with E-state index in [1.807, 2.05) is 13.8 Å². The van der Waals surface area contributed by atoms with Crippen molar-refractivity contribution in [3.8, 4) is 5.75 Å². The molecule has 0 aliphatic carbocycles. The fraction of sp³-hybridized carbons (Fsp3) is 0.286. The van der Waals surface area contributed by atoms with Crippen LogP contribution in [0.15, 0.2) is 25.8 Å². The second-order valence-corrected chi connectivity index (χ2v) is 8.19. The van der Waals surface area contributed by atoms with E-state index in [2.05, 4.69) is 50.1 Å². The van der Waals surface area contributed by atoms with Gasteiger partial charge in [-0.3, -0.25) is 0 Å². The molecular weight excluding hydrogens is 390 g/mol. The SMILES string of the molecule is COc1c(C)cc(C(N)c2cc(Br)sc2Br)cc1C. The van der Waals surface area contributed by atoms with Crippen molar-refractivity contribution in [2.24, 2.45) is 5.73 Å². The van der Waals surface area contributed by atoms with Crippen LogP contribution in [0.3, 0.4) is 0 Å². The maximum Gasteiger partial charge on any atom is 0.124 e. The normalized spacial score (nSPS) is 12.5. The van der Waals surface area contributed by atoms with Gasteiger partial charge in [0.1, 0.15) is 5.75 Å². The molecule has 1 aromatic heterocycles. The minimum absolute atomic E-state index is 0.139. The molecule has 5 heteroatoms. The van der Waals surface area contributed by atoms with E-state index in [9.17, 15) is 0 Å². The van der Waals surface area contributed by atoms with Gasteiger partial charge in [-0.05, 0) is 74.0 Å². The Kier molecular flexibility index (Phi) is 4.71. The molecule has 0 saturated heterocycles. The summed E-state index contributed by atoms with van der Waals surface area (Å²) in [5.74, 6) is 0.932. The van der Waals surface area contributed by atoms with E-state index in [-0.39, 0.29) is 6.04 Å². The molecule has 2 N–H and O–H groups in total. The smallest absolute Gasteiger partial charge is 0.124 e. The second-order valence-electron chi connectivity index (χ2n) is 4.45. The molecular formula is C14H15Br2NOS. The largest absolute Gasteiger partial charge is 0.496 e. The number of nitrogens with two attached hydrogens (primary N) is 1. The van der Waals surface area contributed by atoms with Crippen molar-refractivity contribution in [1.82, 2.24) is 0 Å². The molecule has 19 heavy (non-hydrogen) atoms. The minimum Gasteiger partial charge on any atom is -0.496 e. The molecule has 1 unspecified atom stereocenters. The zero-order chi connectivity index (χ0) is 14.2. The lowest BCUT2D eigenvalue weighted by Crippen LogP contribution is -2.12. The highest BCUT2D eigenvalue weighted by atomic mass is 79.9. The summed E-state index contributed by atoms with van der Waals surface area (Å²) >= 11 is 8.69. The Morgan fingerprint density at radius 2 is 1.74 bits per heavy atom. The van der Waals surface area contributed by atoms with Crippen LogP contribution in [-0.4, -0.2) is 7.11 Å². The van der Waals surface area contributed by atoms with Crippen LogP contribution >= 0.6 is 43.2 Å². The van der Waals surface area contributed by atoms with Gasteiger partial charge in [0.15, 0.2) is 0 Å². The van der Waals surface area contributed by atoms with E-state index < -0.39 is 0 Å². The van der Waals surface area contributed by atoms with Crippen molar-refractivity contribution < 1.29 is 4.74 Å². The number of halogens is 2. The molecule has 1 atom stereocenters. The zero-order valence-corrected chi connectivity index (χ0v) is 14.9. The average molecular weight is 405 g/mol. The van der Waals surface area contributed by atoms with Gasteiger partial charge in [-0.15, -0.1) is 11.3 Å². The number of aryl methyl sites for hydroxylation is 2. The third-order valence-electron chi connectivity index (χ3n) is 3.06. The van der Waals surface area contributed by atoms with Gasteiger partial charge in [0.25, 0.3) is 0 Å². The number of benzene rings is 1. The Balaban J connectivity index is 2.45. The van der Waals surface area contributed by atoms with Crippen molar-refractivity contribution in [1.29, 1.82) is 0 Å². The monoisotopic (exact) mass is 403 g/mol. The molecule has 0 aliphatic rings. The van der Waals surface area contributed by atoms with E-state index >= 15 is 0 Å². The molecule has 2 nitrogen and oxygen atoms in total. The number of thiophene rings is 1. The first-order valence-electron chi connectivity index (χ1n) is 5.79. The Labute approximate surface area is 134 Å². The first kappa shape index (κ1) is 15.0. The second kappa shape index (κ2) is 5.95. The maximum atomic E-state index is 6.37. The third kappa shape index (κ3) is 3.05. The minimum atomic E-state index is -0.139. The zero-order valence-electron chi connectivity index (χ0n) is 11.0. The Hall–Kier alpha value is -0.360. The molecule has 2 rings (SSSR count). The molecule has 102 valence electrons. The summed E-state index contributed by atoms with van der Waals surface area (Å²) in [4.78, 5) is 0. The summed E-state index contributed by atoms with van der Waals surface area (Å²) in [5, 5.41) is 0. The topological polar surface area (TPSA) is 35.2 Å². The van der Waals surface area contributed by atoms with Gasteiger partial charge < -0.3 is 10.5 Å². The first-order chi connectivity index (χ1) is 8.93. The maximum absolute atomic E-state index is 6.37. The van der Waals surface area contributed by atoms with E-state index in [1.165, 1.54) is 0 Å². The van der Waals surface area contributed by atoms with Crippen LogP contribution in [0, 0.1) is 13.8 Å². The van der Waals surface area contributed by atoms with Crippen molar-refractivity contribution in [3.05, 3.63) is 48.0 Å². The summed E-state index contributed by atoms with van der Waals surface area (Å²) in [6, 6.07) is 6.11. The van der Waals surface area contributed by atoms with Gasteiger partial charge in [-0.25, -0.2) is 0 Å². The quantitative estimate of drug-likeness (QED) is 0.785. The summed E-state index contributed by atoms with van der Waals surface area (Å²) in [5.41, 5.74) is 10.8. The van der Waals surface area contributed by atoms with E-state index in [1.54, 1.807) is 18.4 Å². The molecule has 0 fully saturated rings. The highest BCUT2D eigenvalue weighted by molar-refractivity contribution is 9.12. The number of ether oxygens (including phenoxy) is 1. The molecule has 0 saturated carbocycles. The predicted octanol–water partition coefficient (Wildman–Crippen LogP) is 4.95. The summed E-state index contributed by atoms with van der Waals surface area (Å²) in [6.07, 6.45) is 0. The lowest BCUT2D eigenvalue weighted by Gasteiger charge is -2.16.